The zero-order chi connectivity index (χ0) is 13.8. The molecule has 0 saturated carbocycles. The minimum Gasteiger partial charge on any atom is -0.258 e. The fourth-order valence-electron chi connectivity index (χ4n) is 1.41. The van der Waals surface area contributed by atoms with E-state index in [0.29, 0.717) is 0 Å². The average Bonchev–Trinajstić information content (AvgIpc) is 2.40. The van der Waals surface area contributed by atoms with Gasteiger partial charge in [0.15, 0.2) is 0 Å². The second-order valence-corrected chi connectivity index (χ2v) is 4.75. The van der Waals surface area contributed by atoms with Crippen LogP contribution in [0.2, 0.25) is 0 Å². The number of nitrogens with zero attached hydrogens (tertiary/aromatic N) is 2. The van der Waals surface area contributed by atoms with Gasteiger partial charge >= 0.3 is 0 Å². The number of benzene rings is 2. The van der Waals surface area contributed by atoms with Crippen molar-refractivity contribution in [2.45, 2.75) is 9.79 Å². The minimum atomic E-state index is -0.458. The van der Waals surface area contributed by atoms with Crippen molar-refractivity contribution in [3.63, 3.8) is 0 Å². The van der Waals surface area contributed by atoms with E-state index in [2.05, 4.69) is 0 Å². The summed E-state index contributed by atoms with van der Waals surface area (Å²) in [4.78, 5) is 21.8. The first-order chi connectivity index (χ1) is 9.06. The van der Waals surface area contributed by atoms with Gasteiger partial charge in [0.2, 0.25) is 0 Å². The Balaban J connectivity index is 0.00000200. The fourth-order valence-corrected chi connectivity index (χ4v) is 2.22. The molecule has 6 nitrogen and oxygen atoms in total. The molecule has 1 radical (unpaired) electrons. The molecule has 0 amide bonds. The van der Waals surface area contributed by atoms with E-state index in [-0.39, 0.29) is 62.8 Å². The van der Waals surface area contributed by atoms with Crippen LogP contribution in [0.15, 0.2) is 58.3 Å². The smallest absolute Gasteiger partial charge is 0.258 e. The number of nitro benzene ring substituents is 2. The molecule has 2 rings (SSSR count). The summed E-state index contributed by atoms with van der Waals surface area (Å²) in [5.74, 6) is 0. The van der Waals surface area contributed by atoms with Crippen LogP contribution in [0.1, 0.15) is 0 Å². The van der Waals surface area contributed by atoms with Crippen LogP contribution in [0.3, 0.4) is 0 Å². The van der Waals surface area contributed by atoms with Gasteiger partial charge in [-0.2, -0.15) is 0 Å². The van der Waals surface area contributed by atoms with Crippen LogP contribution in [0.4, 0.5) is 11.4 Å². The van der Waals surface area contributed by atoms with Crippen LogP contribution in [0.25, 0.3) is 0 Å². The molecule has 0 aromatic heterocycles. The molecule has 0 aliphatic rings. The molecule has 0 fully saturated rings. The number of nitro groups is 2. The van der Waals surface area contributed by atoms with E-state index < -0.39 is 9.85 Å². The van der Waals surface area contributed by atoms with Crippen molar-refractivity contribution < 1.29 is 9.85 Å². The molecule has 2 aromatic carbocycles. The molecular weight excluding hydrogens is 307 g/mol. The molecule has 0 aliphatic carbocycles. The quantitative estimate of drug-likeness (QED) is 0.491. The summed E-state index contributed by atoms with van der Waals surface area (Å²) in [5, 5.41) is 21.0. The van der Waals surface area contributed by atoms with Gasteiger partial charge in [-0.25, -0.2) is 0 Å². The van der Waals surface area contributed by atoms with E-state index in [4.69, 9.17) is 0 Å². The Morgan fingerprint density at radius 2 is 1.00 bits per heavy atom. The third-order valence-corrected chi connectivity index (χ3v) is 3.35. The zero-order valence-electron chi connectivity index (χ0n) is 10.6. The third kappa shape index (κ3) is 4.65. The Kier molecular flexibility index (Phi) is 6.79. The van der Waals surface area contributed by atoms with Gasteiger partial charge in [-0.05, 0) is 24.3 Å². The van der Waals surface area contributed by atoms with Crippen LogP contribution in [-0.2, 0) is 0 Å². The van der Waals surface area contributed by atoms with Gasteiger partial charge in [0, 0.05) is 85.4 Å². The van der Waals surface area contributed by atoms with Gasteiger partial charge in [0.1, 0.15) is 0 Å². The minimum absolute atomic E-state index is 0. The molecule has 0 spiro atoms. The second kappa shape index (κ2) is 7.86. The molecule has 0 saturated heterocycles. The maximum atomic E-state index is 10.5. The fraction of sp³-hybridized carbons (Fsp3) is 0. The summed E-state index contributed by atoms with van der Waals surface area (Å²) in [7, 11) is 0. The maximum Gasteiger partial charge on any atom is 0.269 e. The van der Waals surface area contributed by atoms with Crippen LogP contribution in [0.5, 0.6) is 0 Å². The van der Waals surface area contributed by atoms with E-state index in [1.54, 1.807) is 24.3 Å². The Bertz CT molecular complexity index is 561. The number of rotatable bonds is 4. The topological polar surface area (TPSA) is 86.3 Å². The zero-order valence-corrected chi connectivity index (χ0v) is 14.5. The molecule has 20 heavy (non-hydrogen) atoms. The predicted molar refractivity (Wildman–Crippen MR) is 76.1 cm³/mol. The Morgan fingerprint density at radius 3 is 1.25 bits per heavy atom. The van der Waals surface area contributed by atoms with Crippen molar-refractivity contribution in [1.29, 1.82) is 0 Å². The molecule has 0 atom stereocenters. The Morgan fingerprint density at radius 1 is 0.700 bits per heavy atom. The van der Waals surface area contributed by atoms with E-state index >= 15 is 0 Å². The average molecular weight is 315 g/mol. The van der Waals surface area contributed by atoms with E-state index in [1.807, 2.05) is 0 Å². The summed E-state index contributed by atoms with van der Waals surface area (Å²) in [6, 6.07) is 12.3. The Hall–Kier alpha value is -0.774. The van der Waals surface area contributed by atoms with Gasteiger partial charge < -0.3 is 0 Å². The molecule has 0 unspecified atom stereocenters. The van der Waals surface area contributed by atoms with Gasteiger partial charge in [0.25, 0.3) is 11.4 Å². The normalized spacial score (nSPS) is 9.60. The summed E-state index contributed by atoms with van der Waals surface area (Å²) >= 11 is 1.38. The molecule has 0 heterocycles. The first kappa shape index (κ1) is 17.3. The van der Waals surface area contributed by atoms with Crippen LogP contribution < -0.4 is 0 Å². The molecule has 97 valence electrons. The summed E-state index contributed by atoms with van der Waals surface area (Å²) < 4.78 is 0. The second-order valence-electron chi connectivity index (χ2n) is 3.60. The first-order valence-electron chi connectivity index (χ1n) is 5.23. The first-order valence-corrected chi connectivity index (χ1v) is 6.04. The maximum absolute atomic E-state index is 10.5. The van der Waals surface area contributed by atoms with Gasteiger partial charge in [-0.1, -0.05) is 11.8 Å². The van der Waals surface area contributed by atoms with E-state index in [1.165, 1.54) is 36.0 Å². The molecule has 2 aromatic rings. The van der Waals surface area contributed by atoms with Crippen molar-refractivity contribution in [2.75, 3.05) is 0 Å². The van der Waals surface area contributed by atoms with Gasteiger partial charge in [-0.15, -0.1) is 0 Å². The predicted octanol–water partition coefficient (Wildman–Crippen LogP) is 3.27. The summed E-state index contributed by atoms with van der Waals surface area (Å²) in [5.41, 5.74) is 0.0705. The largest absolute Gasteiger partial charge is 0.269 e. The number of non-ortho nitro benzene ring substituents is 2. The van der Waals surface area contributed by atoms with Crippen LogP contribution in [0, 0.1) is 20.2 Å². The van der Waals surface area contributed by atoms with Crippen molar-refractivity contribution in [1.82, 2.24) is 0 Å². The van der Waals surface area contributed by atoms with Gasteiger partial charge in [-0.3, -0.25) is 20.2 Å². The van der Waals surface area contributed by atoms with Crippen LogP contribution in [-0.4, -0.2) is 61.2 Å². The van der Waals surface area contributed by atoms with Crippen molar-refractivity contribution in [3.8, 4) is 0 Å². The van der Waals surface area contributed by atoms with Gasteiger partial charge in [0.05, 0.1) is 9.85 Å². The third-order valence-electron chi connectivity index (χ3n) is 2.33. The number of hydrogen-bond donors (Lipinski definition) is 0. The van der Waals surface area contributed by atoms with Crippen molar-refractivity contribution in [2.24, 2.45) is 0 Å². The summed E-state index contributed by atoms with van der Waals surface area (Å²) in [6.07, 6.45) is 0. The van der Waals surface area contributed by atoms with Crippen molar-refractivity contribution in [3.05, 3.63) is 68.8 Å². The van der Waals surface area contributed by atoms with Crippen molar-refractivity contribution >= 4 is 74.5 Å². The Labute approximate surface area is 161 Å². The standard InChI is InChI=1S/C12H8N2O4S.K/c15-13(16)9-1-5-11(6-2-9)19-12-7-3-10(4-8-12)14(17)18;/h1-8H;. The SMILES string of the molecule is O=[N+]([O-])c1ccc(Sc2ccc([N+](=O)[O-])cc2)cc1.[K]. The molecule has 0 N–H and O–H groups in total. The van der Waals surface area contributed by atoms with Crippen LogP contribution >= 0.6 is 11.8 Å². The molecule has 8 heteroatoms. The summed E-state index contributed by atoms with van der Waals surface area (Å²) in [6.45, 7) is 0. The molecule has 0 aliphatic heterocycles. The van der Waals surface area contributed by atoms with E-state index in [0.717, 1.165) is 9.79 Å². The van der Waals surface area contributed by atoms with E-state index in [9.17, 15) is 20.2 Å². The number of hydrogen-bond acceptors (Lipinski definition) is 5. The molecule has 0 bridgehead atoms. The molecular formula is C12H8KN2O4S. The monoisotopic (exact) mass is 315 g/mol.